The number of hydrogen-bond acceptors (Lipinski definition) is 3. The van der Waals surface area contributed by atoms with Crippen LogP contribution in [-0.2, 0) is 11.2 Å². The van der Waals surface area contributed by atoms with Crippen LogP contribution in [-0.4, -0.2) is 23.8 Å². The van der Waals surface area contributed by atoms with E-state index in [1.165, 1.54) is 0 Å². The number of nitrogens with zero attached hydrogens (tertiary/aromatic N) is 1. The zero-order valence-corrected chi connectivity index (χ0v) is 10.1. The lowest BCUT2D eigenvalue weighted by molar-refractivity contribution is -0.117. The Balaban J connectivity index is 2.28. The smallest absolute Gasteiger partial charge is 0.231 e. The number of amides is 1. The fraction of sp³-hybridized carbons (Fsp3) is 0.417. The first-order valence-electron chi connectivity index (χ1n) is 5.32. The maximum Gasteiger partial charge on any atom is 0.231 e. The van der Waals surface area contributed by atoms with Crippen LogP contribution in [0.4, 0.5) is 5.69 Å². The molecule has 0 aliphatic carbocycles. The van der Waals surface area contributed by atoms with E-state index >= 15 is 0 Å². The SMILES string of the molecule is CN1C(=O)Cc2cc(C(O)CCS)ccc21. The van der Waals surface area contributed by atoms with E-state index in [9.17, 15) is 9.90 Å². The van der Waals surface area contributed by atoms with Crippen molar-refractivity contribution in [3.8, 4) is 0 Å². The monoisotopic (exact) mass is 237 g/mol. The molecule has 0 bridgehead atoms. The van der Waals surface area contributed by atoms with E-state index in [1.807, 2.05) is 18.2 Å². The second kappa shape index (κ2) is 4.47. The lowest BCUT2D eigenvalue weighted by atomic mass is 10.0. The van der Waals surface area contributed by atoms with E-state index < -0.39 is 6.10 Å². The van der Waals surface area contributed by atoms with Crippen LogP contribution in [0.5, 0.6) is 0 Å². The van der Waals surface area contributed by atoms with Crippen LogP contribution in [0.25, 0.3) is 0 Å². The standard InChI is InChI=1S/C12H15NO2S/c1-13-10-3-2-8(11(14)4-5-16)6-9(10)7-12(13)15/h2-3,6,11,14,16H,4-5,7H2,1H3. The van der Waals surface area contributed by atoms with Gasteiger partial charge in [0, 0.05) is 12.7 Å². The highest BCUT2D eigenvalue weighted by atomic mass is 32.1. The largest absolute Gasteiger partial charge is 0.388 e. The molecule has 1 aromatic rings. The summed E-state index contributed by atoms with van der Waals surface area (Å²) in [6.07, 6.45) is 0.586. The first-order valence-corrected chi connectivity index (χ1v) is 5.95. The molecule has 0 saturated heterocycles. The van der Waals surface area contributed by atoms with E-state index in [4.69, 9.17) is 0 Å². The van der Waals surface area contributed by atoms with Crippen molar-refractivity contribution in [2.24, 2.45) is 0 Å². The lowest BCUT2D eigenvalue weighted by Crippen LogP contribution is -2.20. The summed E-state index contributed by atoms with van der Waals surface area (Å²) in [4.78, 5) is 13.1. The Labute approximate surface area is 100 Å². The van der Waals surface area contributed by atoms with Crippen LogP contribution in [0.3, 0.4) is 0 Å². The summed E-state index contributed by atoms with van der Waals surface area (Å²) >= 11 is 4.10. The van der Waals surface area contributed by atoms with Crippen LogP contribution < -0.4 is 4.90 Å². The summed E-state index contributed by atoms with van der Waals surface area (Å²) in [5.41, 5.74) is 2.82. The Kier molecular flexibility index (Phi) is 3.21. The molecule has 0 radical (unpaired) electrons. The normalized spacial score (nSPS) is 16.4. The second-order valence-corrected chi connectivity index (χ2v) is 4.49. The Bertz CT molecular complexity index is 419. The van der Waals surface area contributed by atoms with E-state index in [-0.39, 0.29) is 5.91 Å². The summed E-state index contributed by atoms with van der Waals surface area (Å²) in [6, 6.07) is 5.70. The van der Waals surface area contributed by atoms with Crippen molar-refractivity contribution in [3.63, 3.8) is 0 Å². The van der Waals surface area contributed by atoms with Gasteiger partial charge in [-0.05, 0) is 29.4 Å². The zero-order chi connectivity index (χ0) is 11.7. The molecule has 1 aliphatic heterocycles. The third kappa shape index (κ3) is 1.95. The first-order chi connectivity index (χ1) is 7.63. The molecular weight excluding hydrogens is 222 g/mol. The summed E-state index contributed by atoms with van der Waals surface area (Å²) in [5, 5.41) is 9.84. The molecule has 1 aliphatic rings. The van der Waals surface area contributed by atoms with Gasteiger partial charge in [0.15, 0.2) is 0 Å². The number of rotatable bonds is 3. The molecule has 1 aromatic carbocycles. The second-order valence-electron chi connectivity index (χ2n) is 4.05. The number of aliphatic hydroxyl groups excluding tert-OH is 1. The average Bonchev–Trinajstić information content (AvgIpc) is 2.55. The van der Waals surface area contributed by atoms with Crippen LogP contribution in [0.15, 0.2) is 18.2 Å². The minimum Gasteiger partial charge on any atom is -0.388 e. The van der Waals surface area contributed by atoms with Crippen LogP contribution in [0, 0.1) is 0 Å². The van der Waals surface area contributed by atoms with Gasteiger partial charge in [-0.3, -0.25) is 4.79 Å². The highest BCUT2D eigenvalue weighted by Gasteiger charge is 2.24. The van der Waals surface area contributed by atoms with Crippen molar-refractivity contribution in [3.05, 3.63) is 29.3 Å². The van der Waals surface area contributed by atoms with Gasteiger partial charge in [-0.1, -0.05) is 12.1 Å². The fourth-order valence-electron chi connectivity index (χ4n) is 1.99. The molecule has 0 spiro atoms. The van der Waals surface area contributed by atoms with Gasteiger partial charge < -0.3 is 10.0 Å². The summed E-state index contributed by atoms with van der Waals surface area (Å²) < 4.78 is 0. The van der Waals surface area contributed by atoms with Gasteiger partial charge in [0.1, 0.15) is 0 Å². The fourth-order valence-corrected chi connectivity index (χ4v) is 2.23. The third-order valence-corrected chi connectivity index (χ3v) is 3.23. The average molecular weight is 237 g/mol. The maximum atomic E-state index is 11.5. The topological polar surface area (TPSA) is 40.5 Å². The molecule has 16 heavy (non-hydrogen) atoms. The van der Waals surface area contributed by atoms with Crippen LogP contribution >= 0.6 is 12.6 Å². The maximum absolute atomic E-state index is 11.5. The number of benzene rings is 1. The molecule has 1 amide bonds. The Morgan fingerprint density at radius 3 is 3.00 bits per heavy atom. The molecule has 86 valence electrons. The Hall–Kier alpha value is -1.00. The van der Waals surface area contributed by atoms with Crippen molar-refractivity contribution in [2.75, 3.05) is 17.7 Å². The molecule has 3 nitrogen and oxygen atoms in total. The molecule has 4 heteroatoms. The number of carbonyl (C=O) groups is 1. The number of thiol groups is 1. The Morgan fingerprint density at radius 2 is 2.31 bits per heavy atom. The summed E-state index contributed by atoms with van der Waals surface area (Å²) in [6.45, 7) is 0. The highest BCUT2D eigenvalue weighted by Crippen LogP contribution is 2.30. The summed E-state index contributed by atoms with van der Waals surface area (Å²) in [7, 11) is 1.78. The molecule has 1 heterocycles. The van der Waals surface area contributed by atoms with Gasteiger partial charge in [0.05, 0.1) is 12.5 Å². The van der Waals surface area contributed by atoms with Gasteiger partial charge in [0.25, 0.3) is 0 Å². The molecule has 1 N–H and O–H groups in total. The number of fused-ring (bicyclic) bond motifs is 1. The van der Waals surface area contributed by atoms with Crippen LogP contribution in [0.1, 0.15) is 23.7 Å². The van der Waals surface area contributed by atoms with Gasteiger partial charge >= 0.3 is 0 Å². The molecule has 0 fully saturated rings. The third-order valence-electron chi connectivity index (χ3n) is 2.97. The predicted molar refractivity (Wildman–Crippen MR) is 67.0 cm³/mol. The van der Waals surface area contributed by atoms with Gasteiger partial charge in [-0.15, -0.1) is 0 Å². The molecule has 2 rings (SSSR count). The first kappa shape index (κ1) is 11.5. The number of anilines is 1. The lowest BCUT2D eigenvalue weighted by Gasteiger charge is -2.13. The van der Waals surface area contributed by atoms with Crippen LogP contribution in [0.2, 0.25) is 0 Å². The number of likely N-dealkylation sites (N-methyl/N-ethyl adjacent to an activating group) is 1. The molecular formula is C12H15NO2S. The van der Waals surface area contributed by atoms with Crippen molar-refractivity contribution in [1.29, 1.82) is 0 Å². The van der Waals surface area contributed by atoms with Gasteiger partial charge in [-0.25, -0.2) is 0 Å². The molecule has 1 atom stereocenters. The quantitative estimate of drug-likeness (QED) is 0.783. The number of hydrogen-bond donors (Lipinski definition) is 2. The highest BCUT2D eigenvalue weighted by molar-refractivity contribution is 7.80. The molecule has 0 aromatic heterocycles. The molecule has 0 saturated carbocycles. The zero-order valence-electron chi connectivity index (χ0n) is 9.18. The van der Waals surface area contributed by atoms with Crippen molar-refractivity contribution < 1.29 is 9.90 Å². The van der Waals surface area contributed by atoms with E-state index in [1.54, 1.807) is 11.9 Å². The minimum absolute atomic E-state index is 0.107. The van der Waals surface area contributed by atoms with Crippen molar-refractivity contribution in [2.45, 2.75) is 18.9 Å². The van der Waals surface area contributed by atoms with Gasteiger partial charge in [-0.2, -0.15) is 12.6 Å². The number of carbonyl (C=O) groups excluding carboxylic acids is 1. The predicted octanol–water partition coefficient (Wildman–Crippen LogP) is 1.56. The molecule has 1 unspecified atom stereocenters. The Morgan fingerprint density at radius 1 is 1.56 bits per heavy atom. The van der Waals surface area contributed by atoms with E-state index in [0.29, 0.717) is 18.6 Å². The van der Waals surface area contributed by atoms with E-state index in [2.05, 4.69) is 12.6 Å². The number of aliphatic hydroxyl groups is 1. The minimum atomic E-state index is -0.483. The van der Waals surface area contributed by atoms with Crippen molar-refractivity contribution in [1.82, 2.24) is 0 Å². The van der Waals surface area contributed by atoms with Crippen molar-refractivity contribution >= 4 is 24.2 Å². The summed E-state index contributed by atoms with van der Waals surface area (Å²) in [5.74, 6) is 0.757. The van der Waals surface area contributed by atoms with Gasteiger partial charge in [0.2, 0.25) is 5.91 Å². The van der Waals surface area contributed by atoms with E-state index in [0.717, 1.165) is 16.8 Å².